The molecule has 9 nitrogen and oxygen atoms in total. The van der Waals surface area contributed by atoms with E-state index in [0.717, 1.165) is 0 Å². The number of para-hydroxylation sites is 2. The van der Waals surface area contributed by atoms with E-state index in [1.54, 1.807) is 48.8 Å². The fourth-order valence-electron chi connectivity index (χ4n) is 2.84. The Labute approximate surface area is 197 Å². The van der Waals surface area contributed by atoms with Gasteiger partial charge < -0.3 is 15.3 Å². The van der Waals surface area contributed by atoms with Gasteiger partial charge >= 0.3 is 18.2 Å². The van der Waals surface area contributed by atoms with Crippen LogP contribution < -0.4 is 16.1 Å². The number of nitrogens with two attached hydrogens (primary N) is 1. The lowest BCUT2D eigenvalue weighted by atomic mass is 10.1. The predicted molar refractivity (Wildman–Crippen MR) is 118 cm³/mol. The zero-order valence-corrected chi connectivity index (χ0v) is 18.0. The minimum Gasteiger partial charge on any atom is -0.444 e. The summed E-state index contributed by atoms with van der Waals surface area (Å²) >= 11 is 0. The quantitative estimate of drug-likeness (QED) is 0.400. The number of carbonyl (C=O) groups is 3. The topological polar surface area (TPSA) is 124 Å². The van der Waals surface area contributed by atoms with Crippen molar-refractivity contribution in [3.05, 3.63) is 89.7 Å². The molecule has 0 radical (unpaired) electrons. The molecule has 3 N–H and O–H groups in total. The van der Waals surface area contributed by atoms with E-state index in [-0.39, 0.29) is 18.7 Å². The molecule has 0 saturated heterocycles. The number of rotatable bonds is 6. The average molecular weight is 488 g/mol. The largest absolute Gasteiger partial charge is 0.493 e. The van der Waals surface area contributed by atoms with Crippen LogP contribution in [0, 0.1) is 0 Å². The summed E-state index contributed by atoms with van der Waals surface area (Å²) in [4.78, 5) is 44.6. The van der Waals surface area contributed by atoms with Crippen molar-refractivity contribution in [1.29, 1.82) is 0 Å². The van der Waals surface area contributed by atoms with Crippen molar-refractivity contribution in [2.24, 2.45) is 0 Å². The maximum Gasteiger partial charge on any atom is 0.493 e. The summed E-state index contributed by atoms with van der Waals surface area (Å²) in [6.07, 6.45) is -2.78. The van der Waals surface area contributed by atoms with Gasteiger partial charge in [0.05, 0.1) is 17.9 Å². The van der Waals surface area contributed by atoms with Gasteiger partial charge in [0.1, 0.15) is 6.61 Å². The molecule has 12 heteroatoms. The molecule has 0 aliphatic rings. The van der Waals surface area contributed by atoms with Crippen LogP contribution in [-0.4, -0.2) is 29.1 Å². The second kappa shape index (κ2) is 11.0. The molecule has 0 fully saturated rings. The van der Waals surface area contributed by atoms with Crippen molar-refractivity contribution in [1.82, 2.24) is 10.5 Å². The molecule has 0 spiro atoms. The van der Waals surface area contributed by atoms with Gasteiger partial charge in [-0.1, -0.05) is 30.3 Å². The Balaban J connectivity index is 1.71. The highest BCUT2D eigenvalue weighted by Crippen LogP contribution is 2.26. The number of nitrogens with one attached hydrogen (secondary N) is 1. The lowest BCUT2D eigenvalue weighted by molar-refractivity contribution is -0.204. The summed E-state index contributed by atoms with van der Waals surface area (Å²) in [5.74, 6) is -3.61. The van der Waals surface area contributed by atoms with Crippen LogP contribution in [0.4, 0.5) is 29.3 Å². The summed E-state index contributed by atoms with van der Waals surface area (Å²) in [5.41, 5.74) is 9.35. The molecule has 0 aliphatic carbocycles. The van der Waals surface area contributed by atoms with E-state index in [0.29, 0.717) is 22.5 Å². The van der Waals surface area contributed by atoms with Crippen LogP contribution >= 0.6 is 0 Å². The van der Waals surface area contributed by atoms with Gasteiger partial charge in [-0.3, -0.25) is 14.7 Å². The maximum absolute atomic E-state index is 12.9. The van der Waals surface area contributed by atoms with Crippen LogP contribution in [0.25, 0.3) is 0 Å². The number of halogens is 3. The first kappa shape index (κ1) is 25.0. The normalized spacial score (nSPS) is 10.8. The molecule has 1 aromatic heterocycles. The van der Waals surface area contributed by atoms with Gasteiger partial charge in [0.2, 0.25) is 0 Å². The first-order valence-corrected chi connectivity index (χ1v) is 10.00. The number of ether oxygens (including phenoxy) is 1. The number of nitrogen functional groups attached to an aromatic ring is 1. The highest BCUT2D eigenvalue weighted by atomic mass is 19.4. The van der Waals surface area contributed by atoms with E-state index in [4.69, 9.17) is 10.5 Å². The van der Waals surface area contributed by atoms with Crippen LogP contribution in [0.2, 0.25) is 0 Å². The second-order valence-electron chi connectivity index (χ2n) is 7.08. The van der Waals surface area contributed by atoms with Crippen molar-refractivity contribution in [2.45, 2.75) is 19.3 Å². The molecule has 1 heterocycles. The zero-order chi connectivity index (χ0) is 25.4. The summed E-state index contributed by atoms with van der Waals surface area (Å²) in [6, 6.07) is 15.6. The summed E-state index contributed by atoms with van der Waals surface area (Å²) < 4.78 is 41.9. The molecule has 0 unspecified atom stereocenters. The van der Waals surface area contributed by atoms with Crippen molar-refractivity contribution >= 4 is 29.3 Å². The molecular formula is C23H19F3N4O5. The van der Waals surface area contributed by atoms with Crippen molar-refractivity contribution in [2.75, 3.05) is 10.6 Å². The molecule has 182 valence electrons. The number of anilines is 2. The van der Waals surface area contributed by atoms with Gasteiger partial charge in [-0.25, -0.2) is 9.59 Å². The Kier molecular flexibility index (Phi) is 7.87. The second-order valence-corrected chi connectivity index (χ2v) is 7.08. The average Bonchev–Trinajstić information content (AvgIpc) is 2.85. The monoisotopic (exact) mass is 488 g/mol. The smallest absolute Gasteiger partial charge is 0.444 e. The molecular weight excluding hydrogens is 469 g/mol. The van der Waals surface area contributed by atoms with Gasteiger partial charge in [0.25, 0.3) is 5.91 Å². The van der Waals surface area contributed by atoms with E-state index in [2.05, 4.69) is 9.82 Å². The van der Waals surface area contributed by atoms with Gasteiger partial charge in [0.15, 0.2) is 0 Å². The third-order valence-electron chi connectivity index (χ3n) is 4.56. The number of benzene rings is 2. The lowest BCUT2D eigenvalue weighted by Crippen LogP contribution is -2.34. The number of pyridine rings is 1. The SMILES string of the molecule is Nc1ccccc1N(Cc1ccc(C(=O)NOC(=O)C(F)(F)F)cc1)C(=O)OCc1cccnc1. The maximum atomic E-state index is 12.9. The van der Waals surface area contributed by atoms with Gasteiger partial charge in [-0.05, 0) is 35.9 Å². The first-order valence-electron chi connectivity index (χ1n) is 10.00. The van der Waals surface area contributed by atoms with Crippen LogP contribution in [0.1, 0.15) is 21.5 Å². The number of hydroxylamine groups is 1. The van der Waals surface area contributed by atoms with Gasteiger partial charge in [0, 0.05) is 23.5 Å². The predicted octanol–water partition coefficient (Wildman–Crippen LogP) is 3.76. The lowest BCUT2D eigenvalue weighted by Gasteiger charge is -2.24. The molecule has 0 atom stereocenters. The van der Waals surface area contributed by atoms with Crippen molar-refractivity contribution in [3.8, 4) is 0 Å². The number of hydrogen-bond donors (Lipinski definition) is 2. The number of alkyl halides is 3. The molecule has 2 aromatic carbocycles. The highest BCUT2D eigenvalue weighted by molar-refractivity contribution is 5.94. The van der Waals surface area contributed by atoms with Crippen LogP contribution in [0.5, 0.6) is 0 Å². The summed E-state index contributed by atoms with van der Waals surface area (Å²) in [5, 5.41) is 0. The highest BCUT2D eigenvalue weighted by Gasteiger charge is 2.42. The molecule has 0 aliphatic heterocycles. The molecule has 0 bridgehead atoms. The fourth-order valence-corrected chi connectivity index (χ4v) is 2.84. The molecule has 0 saturated carbocycles. The van der Waals surface area contributed by atoms with E-state index in [9.17, 15) is 27.6 Å². The Morgan fingerprint density at radius 1 is 0.971 bits per heavy atom. The number of carbonyl (C=O) groups excluding carboxylic acids is 3. The standard InChI is InChI=1S/C23H19F3N4O5/c24-23(25,26)21(32)35-29-20(31)17-9-7-15(8-10-17)13-30(19-6-2-1-5-18(19)27)22(33)34-14-16-4-3-11-28-12-16/h1-12H,13-14,27H2,(H,29,31). The zero-order valence-electron chi connectivity index (χ0n) is 18.0. The minimum absolute atomic E-state index is 0.00501. The fraction of sp³-hybridized carbons (Fsp3) is 0.130. The van der Waals surface area contributed by atoms with Crippen LogP contribution in [-0.2, 0) is 27.5 Å². The molecule has 2 amide bonds. The Morgan fingerprint density at radius 3 is 2.31 bits per heavy atom. The first-order chi connectivity index (χ1) is 16.6. The number of nitrogens with zero attached hydrogens (tertiary/aromatic N) is 2. The summed E-state index contributed by atoms with van der Waals surface area (Å²) in [7, 11) is 0. The number of aromatic nitrogens is 1. The van der Waals surface area contributed by atoms with Gasteiger partial charge in [-0.2, -0.15) is 18.7 Å². The Bertz CT molecular complexity index is 1190. The van der Waals surface area contributed by atoms with Gasteiger partial charge in [-0.15, -0.1) is 0 Å². The molecule has 35 heavy (non-hydrogen) atoms. The minimum atomic E-state index is -5.24. The van der Waals surface area contributed by atoms with Crippen molar-refractivity contribution in [3.63, 3.8) is 0 Å². The van der Waals surface area contributed by atoms with Crippen LogP contribution in [0.15, 0.2) is 73.1 Å². The van der Waals surface area contributed by atoms with Crippen LogP contribution in [0.3, 0.4) is 0 Å². The van der Waals surface area contributed by atoms with E-state index in [1.807, 2.05) is 0 Å². The van der Waals surface area contributed by atoms with Crippen molar-refractivity contribution < 1.29 is 37.1 Å². The van der Waals surface area contributed by atoms with E-state index < -0.39 is 24.1 Å². The third kappa shape index (κ3) is 6.93. The number of hydrogen-bond acceptors (Lipinski definition) is 7. The third-order valence-corrected chi connectivity index (χ3v) is 4.56. The number of amides is 2. The van der Waals surface area contributed by atoms with E-state index >= 15 is 0 Å². The Hall–Kier alpha value is -4.61. The Morgan fingerprint density at radius 2 is 1.69 bits per heavy atom. The summed E-state index contributed by atoms with van der Waals surface area (Å²) in [6.45, 7) is -0.0172. The van der Waals surface area contributed by atoms with E-state index in [1.165, 1.54) is 34.6 Å². The molecule has 3 rings (SSSR count). The molecule has 3 aromatic rings.